The molecule has 1 aliphatic heterocycles. The Hall–Kier alpha value is -0.490. The summed E-state index contributed by atoms with van der Waals surface area (Å²) in [5.74, 6) is 0.655. The van der Waals surface area contributed by atoms with Gasteiger partial charge in [0.15, 0.2) is 0 Å². The number of nitrogens with zero attached hydrogens (tertiary/aromatic N) is 1. The SMILES string of the molecule is COCC1CCCN(c2ccc(N)cc2I)C1. The second-order valence-corrected chi connectivity index (χ2v) is 5.78. The Labute approximate surface area is 116 Å². The minimum absolute atomic E-state index is 0.655. The minimum Gasteiger partial charge on any atom is -0.399 e. The van der Waals surface area contributed by atoms with Crippen LogP contribution in [0.2, 0.25) is 0 Å². The van der Waals surface area contributed by atoms with Crippen molar-refractivity contribution in [3.05, 3.63) is 21.8 Å². The van der Waals surface area contributed by atoms with Gasteiger partial charge in [-0.05, 0) is 59.5 Å². The summed E-state index contributed by atoms with van der Waals surface area (Å²) in [4.78, 5) is 2.45. The Balaban J connectivity index is 2.10. The molecular weight excluding hydrogens is 327 g/mol. The molecule has 4 heteroatoms. The lowest BCUT2D eigenvalue weighted by molar-refractivity contribution is 0.143. The standard InChI is InChI=1S/C13H19IN2O/c1-17-9-10-3-2-6-16(8-10)13-5-4-11(15)7-12(13)14/h4-5,7,10H,2-3,6,8-9,15H2,1H3. The van der Waals surface area contributed by atoms with Crippen molar-refractivity contribution in [1.82, 2.24) is 0 Å². The molecule has 0 spiro atoms. The van der Waals surface area contributed by atoms with Crippen molar-refractivity contribution < 1.29 is 4.74 Å². The largest absolute Gasteiger partial charge is 0.399 e. The van der Waals surface area contributed by atoms with Gasteiger partial charge in [0.05, 0.1) is 12.3 Å². The molecule has 2 rings (SSSR count). The van der Waals surface area contributed by atoms with Gasteiger partial charge in [-0.2, -0.15) is 0 Å². The van der Waals surface area contributed by atoms with E-state index in [1.165, 1.54) is 22.1 Å². The Bertz CT molecular complexity index is 382. The lowest BCUT2D eigenvalue weighted by atomic mass is 9.98. The number of piperidine rings is 1. The zero-order valence-electron chi connectivity index (χ0n) is 10.2. The summed E-state index contributed by atoms with van der Waals surface area (Å²) in [6.07, 6.45) is 2.52. The molecule has 17 heavy (non-hydrogen) atoms. The molecule has 94 valence electrons. The number of nitrogens with two attached hydrogens (primary N) is 1. The van der Waals surface area contributed by atoms with E-state index in [2.05, 4.69) is 33.6 Å². The Morgan fingerprint density at radius 1 is 1.53 bits per heavy atom. The van der Waals surface area contributed by atoms with Crippen LogP contribution in [0.4, 0.5) is 11.4 Å². The molecule has 0 aliphatic carbocycles. The first kappa shape index (κ1) is 13.0. The van der Waals surface area contributed by atoms with E-state index in [4.69, 9.17) is 10.5 Å². The van der Waals surface area contributed by atoms with Crippen LogP contribution in [-0.4, -0.2) is 26.8 Å². The quantitative estimate of drug-likeness (QED) is 0.676. The number of anilines is 2. The van der Waals surface area contributed by atoms with Crippen molar-refractivity contribution in [2.75, 3.05) is 37.4 Å². The van der Waals surface area contributed by atoms with E-state index >= 15 is 0 Å². The van der Waals surface area contributed by atoms with Gasteiger partial charge in [-0.3, -0.25) is 0 Å². The highest BCUT2D eigenvalue weighted by Gasteiger charge is 2.21. The number of benzene rings is 1. The summed E-state index contributed by atoms with van der Waals surface area (Å²) in [7, 11) is 1.78. The van der Waals surface area contributed by atoms with Gasteiger partial charge in [-0.1, -0.05) is 0 Å². The predicted octanol–water partition coefficient (Wildman–Crippen LogP) is 2.74. The average Bonchev–Trinajstić information content (AvgIpc) is 2.29. The molecule has 1 unspecified atom stereocenters. The smallest absolute Gasteiger partial charge is 0.0507 e. The third-order valence-corrected chi connectivity index (χ3v) is 4.10. The van der Waals surface area contributed by atoms with E-state index in [1.807, 2.05) is 12.1 Å². The Morgan fingerprint density at radius 3 is 3.06 bits per heavy atom. The van der Waals surface area contributed by atoms with Gasteiger partial charge in [0.2, 0.25) is 0 Å². The molecular formula is C13H19IN2O. The maximum atomic E-state index is 5.79. The number of ether oxygens (including phenoxy) is 1. The van der Waals surface area contributed by atoms with Crippen LogP contribution in [0.25, 0.3) is 0 Å². The molecule has 1 aromatic rings. The minimum atomic E-state index is 0.655. The molecule has 1 atom stereocenters. The fourth-order valence-electron chi connectivity index (χ4n) is 2.44. The van der Waals surface area contributed by atoms with E-state index in [9.17, 15) is 0 Å². The summed E-state index contributed by atoms with van der Waals surface area (Å²) in [6, 6.07) is 6.15. The number of halogens is 1. The van der Waals surface area contributed by atoms with Crippen molar-refractivity contribution in [2.24, 2.45) is 5.92 Å². The van der Waals surface area contributed by atoms with Gasteiger partial charge in [0.1, 0.15) is 0 Å². The number of methoxy groups -OCH3 is 1. The predicted molar refractivity (Wildman–Crippen MR) is 80.4 cm³/mol. The normalized spacial score (nSPS) is 20.6. The van der Waals surface area contributed by atoms with Crippen molar-refractivity contribution in [3.63, 3.8) is 0 Å². The monoisotopic (exact) mass is 346 g/mol. The maximum Gasteiger partial charge on any atom is 0.0507 e. The second-order valence-electron chi connectivity index (χ2n) is 4.62. The number of nitrogen functional groups attached to an aromatic ring is 1. The van der Waals surface area contributed by atoms with Crippen molar-refractivity contribution in [2.45, 2.75) is 12.8 Å². The number of hydrogen-bond acceptors (Lipinski definition) is 3. The molecule has 0 amide bonds. The first-order valence-corrected chi connectivity index (χ1v) is 7.07. The Kier molecular flexibility index (Phi) is 4.50. The van der Waals surface area contributed by atoms with Gasteiger partial charge in [-0.25, -0.2) is 0 Å². The van der Waals surface area contributed by atoms with E-state index in [1.54, 1.807) is 7.11 Å². The Morgan fingerprint density at radius 2 is 2.35 bits per heavy atom. The second kappa shape index (κ2) is 5.91. The van der Waals surface area contributed by atoms with Gasteiger partial charge in [0, 0.05) is 29.5 Å². The van der Waals surface area contributed by atoms with Crippen LogP contribution >= 0.6 is 22.6 Å². The molecule has 1 fully saturated rings. The van der Waals surface area contributed by atoms with Crippen LogP contribution < -0.4 is 10.6 Å². The highest BCUT2D eigenvalue weighted by molar-refractivity contribution is 14.1. The molecule has 0 bridgehead atoms. The fourth-order valence-corrected chi connectivity index (χ4v) is 3.32. The third kappa shape index (κ3) is 3.25. The van der Waals surface area contributed by atoms with Gasteiger partial charge in [0.25, 0.3) is 0 Å². The summed E-state index contributed by atoms with van der Waals surface area (Å²) in [5.41, 5.74) is 7.93. The van der Waals surface area contributed by atoms with Crippen molar-refractivity contribution >= 4 is 34.0 Å². The summed E-state index contributed by atoms with van der Waals surface area (Å²) >= 11 is 2.36. The van der Waals surface area contributed by atoms with Crippen LogP contribution in [0.15, 0.2) is 18.2 Å². The lowest BCUT2D eigenvalue weighted by Crippen LogP contribution is -2.37. The molecule has 2 N–H and O–H groups in total. The molecule has 0 saturated carbocycles. The molecule has 1 heterocycles. The summed E-state index contributed by atoms with van der Waals surface area (Å²) in [6.45, 7) is 3.09. The summed E-state index contributed by atoms with van der Waals surface area (Å²) in [5, 5.41) is 0. The third-order valence-electron chi connectivity index (χ3n) is 3.23. The molecule has 1 aromatic carbocycles. The highest BCUT2D eigenvalue weighted by Crippen LogP contribution is 2.28. The number of rotatable bonds is 3. The van der Waals surface area contributed by atoms with Gasteiger partial charge in [-0.15, -0.1) is 0 Å². The molecule has 0 radical (unpaired) electrons. The molecule has 1 saturated heterocycles. The fraction of sp³-hybridized carbons (Fsp3) is 0.538. The van der Waals surface area contributed by atoms with Crippen LogP contribution in [0.5, 0.6) is 0 Å². The van der Waals surface area contributed by atoms with Crippen LogP contribution in [0.1, 0.15) is 12.8 Å². The van der Waals surface area contributed by atoms with Gasteiger partial charge < -0.3 is 15.4 Å². The maximum absolute atomic E-state index is 5.79. The lowest BCUT2D eigenvalue weighted by Gasteiger charge is -2.34. The zero-order valence-corrected chi connectivity index (χ0v) is 12.3. The summed E-state index contributed by atoms with van der Waals surface area (Å²) < 4.78 is 6.50. The van der Waals surface area contributed by atoms with Crippen LogP contribution in [0.3, 0.4) is 0 Å². The molecule has 0 aromatic heterocycles. The van der Waals surface area contributed by atoms with E-state index < -0.39 is 0 Å². The van der Waals surface area contributed by atoms with Gasteiger partial charge >= 0.3 is 0 Å². The molecule has 3 nitrogen and oxygen atoms in total. The average molecular weight is 346 g/mol. The number of hydrogen-bond donors (Lipinski definition) is 1. The van der Waals surface area contributed by atoms with Crippen molar-refractivity contribution in [3.8, 4) is 0 Å². The van der Waals surface area contributed by atoms with Crippen LogP contribution in [0, 0.1) is 9.49 Å². The zero-order chi connectivity index (χ0) is 12.3. The van der Waals surface area contributed by atoms with Crippen LogP contribution in [-0.2, 0) is 4.74 Å². The van der Waals surface area contributed by atoms with E-state index in [0.717, 1.165) is 25.4 Å². The highest BCUT2D eigenvalue weighted by atomic mass is 127. The van der Waals surface area contributed by atoms with Crippen molar-refractivity contribution in [1.29, 1.82) is 0 Å². The van der Waals surface area contributed by atoms with E-state index in [0.29, 0.717) is 5.92 Å². The molecule has 1 aliphatic rings. The van der Waals surface area contributed by atoms with E-state index in [-0.39, 0.29) is 0 Å². The first-order chi connectivity index (χ1) is 8.20. The first-order valence-electron chi connectivity index (χ1n) is 5.99. The topological polar surface area (TPSA) is 38.5 Å².